The third kappa shape index (κ3) is 3.68. The number of imidazole rings is 1. The predicted octanol–water partition coefficient (Wildman–Crippen LogP) is 4.33. The van der Waals surface area contributed by atoms with Crippen molar-refractivity contribution in [3.63, 3.8) is 0 Å². The van der Waals surface area contributed by atoms with Gasteiger partial charge in [0.05, 0.1) is 10.7 Å². The molecular weight excluding hydrogens is 481 g/mol. The molecule has 2 aliphatic rings. The molecule has 0 radical (unpaired) electrons. The predicted molar refractivity (Wildman–Crippen MR) is 138 cm³/mol. The summed E-state index contributed by atoms with van der Waals surface area (Å²) in [6, 6.07) is 11.3. The van der Waals surface area contributed by atoms with Crippen molar-refractivity contribution >= 4 is 17.4 Å². The van der Waals surface area contributed by atoms with E-state index in [1.807, 2.05) is 6.07 Å². The topological polar surface area (TPSA) is 89.3 Å². The Morgan fingerprint density at radius 2 is 1.83 bits per heavy atom. The molecule has 2 aromatic carbocycles. The van der Waals surface area contributed by atoms with Gasteiger partial charge in [-0.25, -0.2) is 14.2 Å². The molecule has 0 amide bonds. The quantitative estimate of drug-likeness (QED) is 0.431. The maximum Gasteiger partial charge on any atom is 0.332 e. The summed E-state index contributed by atoms with van der Waals surface area (Å²) < 4.78 is 17.7. The molecule has 184 valence electrons. The second kappa shape index (κ2) is 8.21. The number of benzene rings is 2. The van der Waals surface area contributed by atoms with Crippen LogP contribution >= 0.6 is 11.6 Å². The Balaban J connectivity index is 1.37. The highest BCUT2D eigenvalue weighted by atomic mass is 35.5. The van der Waals surface area contributed by atoms with Gasteiger partial charge in [0.2, 0.25) is 0 Å². The summed E-state index contributed by atoms with van der Waals surface area (Å²) in [6.45, 7) is 1.59. The van der Waals surface area contributed by atoms with Crippen LogP contribution in [0.15, 0.2) is 65.8 Å². The van der Waals surface area contributed by atoms with Crippen LogP contribution in [0.3, 0.4) is 0 Å². The Morgan fingerprint density at radius 1 is 1.11 bits per heavy atom. The van der Waals surface area contributed by atoms with E-state index in [4.69, 9.17) is 17.3 Å². The molecule has 1 aliphatic carbocycles. The zero-order chi connectivity index (χ0) is 25.2. The molecule has 6 rings (SSSR count). The molecule has 2 fully saturated rings. The molecule has 3 N–H and O–H groups in total. The van der Waals surface area contributed by atoms with Gasteiger partial charge in [-0.15, -0.1) is 0 Å². The summed E-state index contributed by atoms with van der Waals surface area (Å²) >= 11 is 6.51. The van der Waals surface area contributed by atoms with E-state index < -0.39 is 5.82 Å². The molecule has 36 heavy (non-hydrogen) atoms. The molecule has 9 heteroatoms. The van der Waals surface area contributed by atoms with Crippen molar-refractivity contribution in [3.8, 4) is 33.7 Å². The normalized spacial score (nSPS) is 18.2. The number of halogens is 2. The van der Waals surface area contributed by atoms with Gasteiger partial charge in [0.1, 0.15) is 17.4 Å². The van der Waals surface area contributed by atoms with Crippen LogP contribution in [0.25, 0.3) is 27.9 Å². The van der Waals surface area contributed by atoms with Crippen molar-refractivity contribution in [1.29, 1.82) is 0 Å². The highest BCUT2D eigenvalue weighted by molar-refractivity contribution is 6.32. The number of phenols is 1. The molecule has 1 saturated carbocycles. The van der Waals surface area contributed by atoms with Gasteiger partial charge >= 0.3 is 5.69 Å². The molecule has 3 heterocycles. The first-order valence-electron chi connectivity index (χ1n) is 11.8. The minimum atomic E-state index is -0.490. The number of aryl methyl sites for hydroxylation is 1. The Hall–Kier alpha value is -3.62. The number of anilines is 1. The lowest BCUT2D eigenvalue weighted by atomic mass is 9.97. The molecule has 7 nitrogen and oxygen atoms in total. The molecule has 1 unspecified atom stereocenters. The van der Waals surface area contributed by atoms with Crippen LogP contribution in [0.1, 0.15) is 12.8 Å². The lowest BCUT2D eigenvalue weighted by Gasteiger charge is -2.18. The van der Waals surface area contributed by atoms with E-state index in [0.717, 1.165) is 31.7 Å². The van der Waals surface area contributed by atoms with E-state index in [1.54, 1.807) is 49.9 Å². The summed E-state index contributed by atoms with van der Waals surface area (Å²) in [7, 11) is 1.65. The number of phenolic OH excluding ortho intramolecular Hbond substituents is 1. The molecule has 1 spiro atoms. The second-order valence-electron chi connectivity index (χ2n) is 9.83. The fourth-order valence-corrected chi connectivity index (χ4v) is 5.44. The van der Waals surface area contributed by atoms with Gasteiger partial charge in [0.25, 0.3) is 0 Å². The molecule has 1 atom stereocenters. The van der Waals surface area contributed by atoms with Crippen LogP contribution in [0, 0.1) is 11.2 Å². The monoisotopic (exact) mass is 505 g/mol. The van der Waals surface area contributed by atoms with Crippen molar-refractivity contribution in [2.75, 3.05) is 18.0 Å². The molecule has 0 bridgehead atoms. The van der Waals surface area contributed by atoms with E-state index in [-0.39, 0.29) is 22.9 Å². The second-order valence-corrected chi connectivity index (χ2v) is 10.2. The molecule has 1 aliphatic heterocycles. The van der Waals surface area contributed by atoms with Crippen molar-refractivity contribution < 1.29 is 9.50 Å². The highest BCUT2D eigenvalue weighted by Crippen LogP contribution is 2.52. The smallest absolute Gasteiger partial charge is 0.332 e. The van der Waals surface area contributed by atoms with Crippen molar-refractivity contribution in [1.82, 2.24) is 14.1 Å². The summed E-state index contributed by atoms with van der Waals surface area (Å²) in [5.74, 6) is 0.208. The number of nitrogens with two attached hydrogens (primary N) is 1. The van der Waals surface area contributed by atoms with Crippen molar-refractivity contribution in [3.05, 3.63) is 82.4 Å². The Bertz CT molecular complexity index is 1560. The molecule has 4 aromatic rings. The minimum Gasteiger partial charge on any atom is -0.507 e. The van der Waals surface area contributed by atoms with Gasteiger partial charge in [-0.2, -0.15) is 0 Å². The number of hydrogen-bond donors (Lipinski definition) is 2. The largest absolute Gasteiger partial charge is 0.507 e. The summed E-state index contributed by atoms with van der Waals surface area (Å²) in [6.07, 6.45) is 7.21. The average molecular weight is 506 g/mol. The van der Waals surface area contributed by atoms with Gasteiger partial charge in [-0.05, 0) is 60.4 Å². The number of hydrogen-bond acceptors (Lipinski definition) is 5. The van der Waals surface area contributed by atoms with Crippen molar-refractivity contribution in [2.45, 2.75) is 18.9 Å². The van der Waals surface area contributed by atoms with Gasteiger partial charge in [0.15, 0.2) is 0 Å². The van der Waals surface area contributed by atoms with Gasteiger partial charge in [-0.1, -0.05) is 17.7 Å². The van der Waals surface area contributed by atoms with E-state index in [1.165, 1.54) is 21.3 Å². The number of nitrogens with zero attached hydrogens (tertiary/aromatic N) is 4. The van der Waals surface area contributed by atoms with E-state index >= 15 is 0 Å². The molecule has 1 saturated heterocycles. The number of aromatic nitrogens is 3. The van der Waals surface area contributed by atoms with Gasteiger partial charge in [-0.3, -0.25) is 4.57 Å². The van der Waals surface area contributed by atoms with Crippen LogP contribution in [-0.2, 0) is 7.05 Å². The van der Waals surface area contributed by atoms with Gasteiger partial charge < -0.3 is 20.3 Å². The van der Waals surface area contributed by atoms with Crippen molar-refractivity contribution in [2.24, 2.45) is 18.2 Å². The maximum atomic E-state index is 14.8. The zero-order valence-electron chi connectivity index (χ0n) is 19.7. The zero-order valence-corrected chi connectivity index (χ0v) is 20.4. The first-order chi connectivity index (χ1) is 17.3. The lowest BCUT2D eigenvalue weighted by molar-refractivity contribution is 0.477. The van der Waals surface area contributed by atoms with Crippen LogP contribution < -0.4 is 16.3 Å². The third-order valence-electron chi connectivity index (χ3n) is 7.52. The average Bonchev–Trinajstić information content (AvgIpc) is 3.48. The fraction of sp³-hybridized carbons (Fsp3) is 0.259. The molecule has 2 aromatic heterocycles. The van der Waals surface area contributed by atoms with E-state index in [9.17, 15) is 14.3 Å². The summed E-state index contributed by atoms with van der Waals surface area (Å²) in [5, 5.41) is 11.5. The Morgan fingerprint density at radius 3 is 2.44 bits per heavy atom. The SMILES string of the molecule is Cn1ccn(-c2ccc(-c3cc(F)cc(-c4ccnc(N5CC(N)C6(CC6)C5)c4)c3O)cc2Cl)c1=O. The molecular formula is C27H25ClFN5O2. The maximum absolute atomic E-state index is 14.8. The van der Waals surface area contributed by atoms with Gasteiger partial charge in [0, 0.05) is 61.3 Å². The Labute approximate surface area is 212 Å². The third-order valence-corrected chi connectivity index (χ3v) is 7.82. The number of aromatic hydroxyl groups is 1. The summed E-state index contributed by atoms with van der Waals surface area (Å²) in [5.41, 5.74) is 8.67. The first kappa shape index (κ1) is 22.8. The van der Waals surface area contributed by atoms with Crippen LogP contribution in [0.4, 0.5) is 10.2 Å². The van der Waals surface area contributed by atoms with E-state index in [0.29, 0.717) is 33.0 Å². The lowest BCUT2D eigenvalue weighted by Crippen LogP contribution is -2.30. The number of pyridine rings is 1. The number of rotatable bonds is 4. The fourth-order valence-electron chi connectivity index (χ4n) is 5.17. The van der Waals surface area contributed by atoms with Crippen LogP contribution in [-0.4, -0.2) is 38.4 Å². The minimum absolute atomic E-state index is 0.0639. The van der Waals surface area contributed by atoms with Crippen LogP contribution in [0.2, 0.25) is 5.02 Å². The highest BCUT2D eigenvalue weighted by Gasteiger charge is 2.53. The summed E-state index contributed by atoms with van der Waals surface area (Å²) in [4.78, 5) is 19.0. The van der Waals surface area contributed by atoms with E-state index in [2.05, 4.69) is 9.88 Å². The first-order valence-corrected chi connectivity index (χ1v) is 12.2. The van der Waals surface area contributed by atoms with Crippen LogP contribution in [0.5, 0.6) is 5.75 Å². The Kier molecular flexibility index (Phi) is 5.21. The standard InChI is InChI=1S/C27H25ClFN5O2/c1-32-8-9-34(26(32)36)22-3-2-16(10-21(22)28)19-12-18(29)13-20(25(19)35)17-4-7-31-24(11-17)33-14-23(30)27(15-33)5-6-27/h2-4,7-13,23,35H,5-6,14-15,30H2,1H3.